The van der Waals surface area contributed by atoms with Crippen LogP contribution in [-0.2, 0) is 11.3 Å². The molecule has 0 spiro atoms. The lowest BCUT2D eigenvalue weighted by Gasteiger charge is -2.30. The van der Waals surface area contributed by atoms with Gasteiger partial charge < -0.3 is 15.3 Å². The zero-order valence-electron chi connectivity index (χ0n) is 9.80. The van der Waals surface area contributed by atoms with Gasteiger partial charge in [-0.2, -0.15) is 5.10 Å². The van der Waals surface area contributed by atoms with Crippen LogP contribution in [0, 0.1) is 5.92 Å². The van der Waals surface area contributed by atoms with Crippen molar-refractivity contribution in [2.45, 2.75) is 19.4 Å². The first-order valence-corrected chi connectivity index (χ1v) is 5.76. The number of aromatic nitrogens is 3. The summed E-state index contributed by atoms with van der Waals surface area (Å²) in [6.07, 6.45) is 2.71. The molecule has 1 aromatic rings. The largest absolute Gasteiger partial charge is 0.481 e. The van der Waals surface area contributed by atoms with Gasteiger partial charge in [0, 0.05) is 13.1 Å². The molecule has 8 nitrogen and oxygen atoms in total. The number of carbonyl (C=O) groups excluding carboxylic acids is 1. The lowest BCUT2D eigenvalue weighted by Crippen LogP contribution is -2.46. The summed E-state index contributed by atoms with van der Waals surface area (Å²) in [4.78, 5) is 28.1. The van der Waals surface area contributed by atoms with E-state index in [0.717, 1.165) is 0 Å². The maximum absolute atomic E-state index is 11.8. The summed E-state index contributed by atoms with van der Waals surface area (Å²) in [6.45, 7) is 1.11. The molecule has 0 radical (unpaired) electrons. The summed E-state index contributed by atoms with van der Waals surface area (Å²) in [5.74, 6) is -0.743. The first kappa shape index (κ1) is 12.3. The predicted octanol–water partition coefficient (Wildman–Crippen LogP) is -0.189. The van der Waals surface area contributed by atoms with Gasteiger partial charge in [0.25, 0.3) is 0 Å². The van der Waals surface area contributed by atoms with Crippen LogP contribution in [0.25, 0.3) is 0 Å². The molecule has 1 saturated heterocycles. The van der Waals surface area contributed by atoms with Gasteiger partial charge >= 0.3 is 12.0 Å². The van der Waals surface area contributed by atoms with Crippen molar-refractivity contribution >= 4 is 12.0 Å². The third-order valence-corrected chi connectivity index (χ3v) is 2.93. The summed E-state index contributed by atoms with van der Waals surface area (Å²) in [7, 11) is 0. The van der Waals surface area contributed by atoms with E-state index in [1.54, 1.807) is 0 Å². The molecule has 0 saturated carbocycles. The molecule has 98 valence electrons. The Morgan fingerprint density at radius 3 is 3.11 bits per heavy atom. The summed E-state index contributed by atoms with van der Waals surface area (Å²) < 4.78 is 0. The Morgan fingerprint density at radius 2 is 2.44 bits per heavy atom. The third kappa shape index (κ3) is 2.96. The number of urea groups is 1. The minimum atomic E-state index is -0.845. The Morgan fingerprint density at radius 1 is 1.61 bits per heavy atom. The number of piperidine rings is 1. The van der Waals surface area contributed by atoms with E-state index in [0.29, 0.717) is 25.2 Å². The Bertz CT molecular complexity index is 419. The molecule has 1 fully saturated rings. The third-order valence-electron chi connectivity index (χ3n) is 2.93. The number of hydrogen-bond acceptors (Lipinski definition) is 4. The van der Waals surface area contributed by atoms with E-state index in [9.17, 15) is 9.59 Å². The zero-order chi connectivity index (χ0) is 13.0. The van der Waals surface area contributed by atoms with Gasteiger partial charge in [-0.05, 0) is 12.8 Å². The first-order chi connectivity index (χ1) is 8.66. The quantitative estimate of drug-likeness (QED) is 0.691. The fraction of sp³-hybridized carbons (Fsp3) is 0.600. The number of carboxylic acids is 1. The lowest BCUT2D eigenvalue weighted by molar-refractivity contribution is -0.143. The minimum Gasteiger partial charge on any atom is -0.481 e. The molecule has 0 bridgehead atoms. The van der Waals surface area contributed by atoms with E-state index >= 15 is 0 Å². The molecule has 1 atom stereocenters. The maximum atomic E-state index is 11.8. The van der Waals surface area contributed by atoms with Gasteiger partial charge in [-0.15, -0.1) is 0 Å². The van der Waals surface area contributed by atoms with Gasteiger partial charge in [0.15, 0.2) is 0 Å². The fourth-order valence-electron chi connectivity index (χ4n) is 1.95. The molecule has 18 heavy (non-hydrogen) atoms. The average Bonchev–Trinajstić information content (AvgIpc) is 2.89. The minimum absolute atomic E-state index is 0.257. The molecule has 8 heteroatoms. The summed E-state index contributed by atoms with van der Waals surface area (Å²) in [5.41, 5.74) is 0. The Hall–Kier alpha value is -2.12. The molecule has 0 aliphatic carbocycles. The smallest absolute Gasteiger partial charge is 0.317 e. The second-order valence-electron chi connectivity index (χ2n) is 4.21. The number of rotatable bonds is 3. The van der Waals surface area contributed by atoms with Gasteiger partial charge in [0.1, 0.15) is 12.2 Å². The van der Waals surface area contributed by atoms with Crippen molar-refractivity contribution in [2.24, 2.45) is 5.92 Å². The number of hydrogen-bond donors (Lipinski definition) is 3. The second-order valence-corrected chi connectivity index (χ2v) is 4.21. The van der Waals surface area contributed by atoms with Crippen LogP contribution in [0.5, 0.6) is 0 Å². The highest BCUT2D eigenvalue weighted by Gasteiger charge is 2.27. The molecule has 2 rings (SSSR count). The normalized spacial score (nSPS) is 19.6. The van der Waals surface area contributed by atoms with Gasteiger partial charge in [-0.1, -0.05) is 0 Å². The van der Waals surface area contributed by atoms with E-state index in [2.05, 4.69) is 20.5 Å². The fourth-order valence-corrected chi connectivity index (χ4v) is 1.95. The highest BCUT2D eigenvalue weighted by molar-refractivity contribution is 5.76. The van der Waals surface area contributed by atoms with Crippen LogP contribution in [0.4, 0.5) is 4.79 Å². The Labute approximate surface area is 103 Å². The molecule has 0 aromatic carbocycles. The number of H-pyrrole nitrogens is 1. The number of nitrogens with zero attached hydrogens (tertiary/aromatic N) is 3. The van der Waals surface area contributed by atoms with E-state index in [1.165, 1.54) is 11.2 Å². The van der Waals surface area contributed by atoms with Gasteiger partial charge in [-0.25, -0.2) is 9.78 Å². The van der Waals surface area contributed by atoms with Crippen molar-refractivity contribution in [3.05, 3.63) is 12.2 Å². The summed E-state index contributed by atoms with van der Waals surface area (Å²) in [5, 5.41) is 17.9. The monoisotopic (exact) mass is 253 g/mol. The van der Waals surface area contributed by atoms with Crippen LogP contribution in [0.2, 0.25) is 0 Å². The van der Waals surface area contributed by atoms with Crippen LogP contribution >= 0.6 is 0 Å². The zero-order valence-corrected chi connectivity index (χ0v) is 9.80. The van der Waals surface area contributed by atoms with E-state index < -0.39 is 11.9 Å². The van der Waals surface area contributed by atoms with Crippen molar-refractivity contribution in [1.29, 1.82) is 0 Å². The molecule has 1 aromatic heterocycles. The highest BCUT2D eigenvalue weighted by atomic mass is 16.4. The molecular weight excluding hydrogens is 238 g/mol. The average molecular weight is 253 g/mol. The number of nitrogens with one attached hydrogen (secondary N) is 2. The lowest BCUT2D eigenvalue weighted by atomic mass is 9.99. The van der Waals surface area contributed by atoms with E-state index in [1.807, 2.05) is 0 Å². The van der Waals surface area contributed by atoms with Crippen molar-refractivity contribution in [2.75, 3.05) is 13.1 Å². The standard InChI is InChI=1S/C10H15N5O3/c16-9(17)7-2-1-3-15(5-7)10(18)11-4-8-12-6-13-14-8/h6-7H,1-5H2,(H,11,18)(H,16,17)(H,12,13,14)/t7-/m1/s1. The van der Waals surface area contributed by atoms with E-state index in [-0.39, 0.29) is 19.1 Å². The molecule has 3 N–H and O–H groups in total. The predicted molar refractivity (Wildman–Crippen MR) is 60.6 cm³/mol. The summed E-state index contributed by atoms with van der Waals surface area (Å²) in [6, 6.07) is -0.266. The molecule has 2 amide bonds. The SMILES string of the molecule is O=C(O)[C@@H]1CCCN(C(=O)NCc2ncn[nH]2)C1. The molecular formula is C10H15N5O3. The highest BCUT2D eigenvalue weighted by Crippen LogP contribution is 2.16. The van der Waals surface area contributed by atoms with Gasteiger partial charge in [0.2, 0.25) is 0 Å². The van der Waals surface area contributed by atoms with Crippen LogP contribution in [-0.4, -0.2) is 50.3 Å². The van der Waals surface area contributed by atoms with Crippen molar-refractivity contribution in [3.63, 3.8) is 0 Å². The van der Waals surface area contributed by atoms with E-state index in [4.69, 9.17) is 5.11 Å². The first-order valence-electron chi connectivity index (χ1n) is 5.76. The molecule has 1 aliphatic rings. The van der Waals surface area contributed by atoms with Gasteiger partial charge in [-0.3, -0.25) is 9.89 Å². The number of aromatic amines is 1. The van der Waals surface area contributed by atoms with Gasteiger partial charge in [0.05, 0.1) is 12.5 Å². The van der Waals surface area contributed by atoms with Crippen LogP contribution in [0.15, 0.2) is 6.33 Å². The number of amides is 2. The Kier molecular flexibility index (Phi) is 3.75. The topological polar surface area (TPSA) is 111 Å². The number of likely N-dealkylation sites (tertiary alicyclic amines) is 1. The number of aliphatic carboxylic acids is 1. The van der Waals surface area contributed by atoms with Crippen molar-refractivity contribution < 1.29 is 14.7 Å². The maximum Gasteiger partial charge on any atom is 0.317 e. The number of carboxylic acid groups (broad SMARTS) is 1. The molecule has 2 heterocycles. The molecule has 1 aliphatic heterocycles. The summed E-state index contributed by atoms with van der Waals surface area (Å²) >= 11 is 0. The van der Waals surface area contributed by atoms with Crippen LogP contribution in [0.3, 0.4) is 0 Å². The second kappa shape index (κ2) is 5.48. The Balaban J connectivity index is 1.83. The number of carbonyl (C=O) groups is 2. The molecule has 0 unspecified atom stereocenters. The van der Waals surface area contributed by atoms with Crippen LogP contribution in [0.1, 0.15) is 18.7 Å². The van der Waals surface area contributed by atoms with Crippen molar-refractivity contribution in [1.82, 2.24) is 25.4 Å². The van der Waals surface area contributed by atoms with Crippen LogP contribution < -0.4 is 5.32 Å². The van der Waals surface area contributed by atoms with Crippen molar-refractivity contribution in [3.8, 4) is 0 Å².